The molecule has 1 saturated heterocycles. The smallest absolute Gasteiger partial charge is 0.327 e. The van der Waals surface area contributed by atoms with E-state index in [1.54, 1.807) is 30.3 Å². The minimum atomic E-state index is -4.55. The highest BCUT2D eigenvalue weighted by atomic mass is 19.4. The molecule has 2 aromatic rings. The molecule has 8 heteroatoms. The standard InChI is InChI=1S/C20H20F3N3O2/c21-20(22,23)15-9-13(12-24)10-16(11-15)25-18(27)17-7-4-8-26(17)19(28)14-5-2-1-3-6-14/h1-3,5-6,9-11,17H,4,7-8,12,24H2,(H,25,27). The van der Waals surface area contributed by atoms with Crippen LogP contribution in [0.25, 0.3) is 0 Å². The maximum absolute atomic E-state index is 13.1. The molecule has 0 aromatic heterocycles. The molecule has 0 aliphatic carbocycles. The molecule has 1 unspecified atom stereocenters. The maximum Gasteiger partial charge on any atom is 0.416 e. The lowest BCUT2D eigenvalue weighted by atomic mass is 10.1. The van der Waals surface area contributed by atoms with Crippen LogP contribution in [0.1, 0.15) is 34.3 Å². The Morgan fingerprint density at radius 2 is 1.86 bits per heavy atom. The monoisotopic (exact) mass is 391 g/mol. The van der Waals surface area contributed by atoms with Crippen molar-refractivity contribution >= 4 is 17.5 Å². The molecule has 1 fully saturated rings. The molecule has 1 heterocycles. The van der Waals surface area contributed by atoms with Gasteiger partial charge in [-0.05, 0) is 48.7 Å². The van der Waals surface area contributed by atoms with Crippen molar-refractivity contribution < 1.29 is 22.8 Å². The Morgan fingerprint density at radius 3 is 2.50 bits per heavy atom. The first-order valence-electron chi connectivity index (χ1n) is 8.87. The number of nitrogens with one attached hydrogen (secondary N) is 1. The second-order valence-corrected chi connectivity index (χ2v) is 6.63. The van der Waals surface area contributed by atoms with Crippen molar-refractivity contribution in [3.63, 3.8) is 0 Å². The second-order valence-electron chi connectivity index (χ2n) is 6.63. The number of rotatable bonds is 4. The number of likely N-dealkylation sites (tertiary alicyclic amines) is 1. The molecule has 1 aliphatic heterocycles. The SMILES string of the molecule is NCc1cc(NC(=O)C2CCCN2C(=O)c2ccccc2)cc(C(F)(F)F)c1. The van der Waals surface area contributed by atoms with Crippen LogP contribution in [0.2, 0.25) is 0 Å². The predicted octanol–water partition coefficient (Wildman–Crippen LogP) is 3.41. The minimum absolute atomic E-state index is 0.0132. The molecule has 148 valence electrons. The van der Waals surface area contributed by atoms with Gasteiger partial charge in [-0.1, -0.05) is 18.2 Å². The van der Waals surface area contributed by atoms with Crippen molar-refractivity contribution in [2.75, 3.05) is 11.9 Å². The fourth-order valence-corrected chi connectivity index (χ4v) is 3.30. The third-order valence-corrected chi connectivity index (χ3v) is 4.66. The Labute approximate surface area is 160 Å². The zero-order valence-electron chi connectivity index (χ0n) is 15.0. The van der Waals surface area contributed by atoms with Gasteiger partial charge in [0.2, 0.25) is 5.91 Å². The number of halogens is 3. The van der Waals surface area contributed by atoms with Crippen LogP contribution in [0.4, 0.5) is 18.9 Å². The molecular weight excluding hydrogens is 371 g/mol. The van der Waals surface area contributed by atoms with E-state index in [1.165, 1.54) is 11.0 Å². The van der Waals surface area contributed by atoms with E-state index in [-0.39, 0.29) is 23.7 Å². The first kappa shape index (κ1) is 19.9. The van der Waals surface area contributed by atoms with Gasteiger partial charge in [-0.15, -0.1) is 0 Å². The van der Waals surface area contributed by atoms with E-state index in [1.807, 2.05) is 0 Å². The molecule has 0 spiro atoms. The number of hydrogen-bond donors (Lipinski definition) is 2. The van der Waals surface area contributed by atoms with Crippen molar-refractivity contribution in [3.8, 4) is 0 Å². The number of nitrogens with zero attached hydrogens (tertiary/aromatic N) is 1. The van der Waals surface area contributed by atoms with Gasteiger partial charge in [0.15, 0.2) is 0 Å². The summed E-state index contributed by atoms with van der Waals surface area (Å²) >= 11 is 0. The average Bonchev–Trinajstić information content (AvgIpc) is 3.17. The molecule has 2 amide bonds. The van der Waals surface area contributed by atoms with E-state index in [2.05, 4.69) is 5.32 Å². The lowest BCUT2D eigenvalue weighted by Gasteiger charge is -2.24. The molecule has 1 aliphatic rings. The third kappa shape index (κ3) is 4.33. The van der Waals surface area contributed by atoms with E-state index in [9.17, 15) is 22.8 Å². The summed E-state index contributed by atoms with van der Waals surface area (Å²) in [6, 6.07) is 11.1. The second kappa shape index (κ2) is 8.02. The fourth-order valence-electron chi connectivity index (χ4n) is 3.30. The Kier molecular flexibility index (Phi) is 5.69. The highest BCUT2D eigenvalue weighted by Crippen LogP contribution is 2.32. The highest BCUT2D eigenvalue weighted by Gasteiger charge is 2.35. The van der Waals surface area contributed by atoms with Crippen LogP contribution in [0.15, 0.2) is 48.5 Å². The molecule has 3 N–H and O–H groups in total. The van der Waals surface area contributed by atoms with E-state index >= 15 is 0 Å². The lowest BCUT2D eigenvalue weighted by molar-refractivity contribution is -0.137. The number of nitrogens with two attached hydrogens (primary N) is 1. The van der Waals surface area contributed by atoms with Crippen molar-refractivity contribution in [2.24, 2.45) is 5.73 Å². The molecule has 0 radical (unpaired) electrons. The van der Waals surface area contributed by atoms with Crippen LogP contribution < -0.4 is 11.1 Å². The fraction of sp³-hybridized carbons (Fsp3) is 0.300. The largest absolute Gasteiger partial charge is 0.416 e. The van der Waals surface area contributed by atoms with Gasteiger partial charge in [-0.2, -0.15) is 13.2 Å². The normalized spacial score (nSPS) is 16.9. The van der Waals surface area contributed by atoms with Gasteiger partial charge in [0.1, 0.15) is 6.04 Å². The van der Waals surface area contributed by atoms with Crippen LogP contribution in [0, 0.1) is 0 Å². The number of anilines is 1. The summed E-state index contributed by atoms with van der Waals surface area (Å²) in [5.74, 6) is -0.783. The molecule has 28 heavy (non-hydrogen) atoms. The van der Waals surface area contributed by atoms with Crippen LogP contribution >= 0.6 is 0 Å². The average molecular weight is 391 g/mol. The maximum atomic E-state index is 13.1. The van der Waals surface area contributed by atoms with Crippen LogP contribution in [-0.4, -0.2) is 29.3 Å². The third-order valence-electron chi connectivity index (χ3n) is 4.66. The Hall–Kier alpha value is -2.87. The topological polar surface area (TPSA) is 75.4 Å². The number of amides is 2. The van der Waals surface area contributed by atoms with E-state index in [0.717, 1.165) is 12.1 Å². The van der Waals surface area contributed by atoms with Gasteiger partial charge in [0, 0.05) is 24.3 Å². The minimum Gasteiger partial charge on any atom is -0.327 e. The molecule has 2 aromatic carbocycles. The van der Waals surface area contributed by atoms with E-state index < -0.39 is 23.7 Å². The summed E-state index contributed by atoms with van der Waals surface area (Å²) in [5, 5.41) is 2.52. The molecule has 5 nitrogen and oxygen atoms in total. The molecule has 1 atom stereocenters. The van der Waals surface area contributed by atoms with Crippen LogP contribution in [-0.2, 0) is 17.5 Å². The lowest BCUT2D eigenvalue weighted by Crippen LogP contribution is -2.43. The molecule has 3 rings (SSSR count). The quantitative estimate of drug-likeness (QED) is 0.839. The van der Waals surface area contributed by atoms with Crippen molar-refractivity contribution in [1.29, 1.82) is 0 Å². The van der Waals surface area contributed by atoms with Gasteiger partial charge in [-0.3, -0.25) is 9.59 Å². The number of benzene rings is 2. The van der Waals surface area contributed by atoms with E-state index in [4.69, 9.17) is 5.73 Å². The summed E-state index contributed by atoms with van der Waals surface area (Å²) in [5.41, 5.74) is 5.33. The summed E-state index contributed by atoms with van der Waals surface area (Å²) in [7, 11) is 0. The summed E-state index contributed by atoms with van der Waals surface area (Å²) in [6.07, 6.45) is -3.45. The van der Waals surface area contributed by atoms with Gasteiger partial charge >= 0.3 is 6.18 Å². The van der Waals surface area contributed by atoms with Crippen molar-refractivity contribution in [3.05, 3.63) is 65.2 Å². The molecule has 0 saturated carbocycles. The van der Waals surface area contributed by atoms with E-state index in [0.29, 0.717) is 24.9 Å². The Balaban J connectivity index is 1.79. The van der Waals surface area contributed by atoms with Gasteiger partial charge < -0.3 is 16.0 Å². The Morgan fingerprint density at radius 1 is 1.14 bits per heavy atom. The van der Waals surface area contributed by atoms with Crippen molar-refractivity contribution in [2.45, 2.75) is 31.6 Å². The summed E-state index contributed by atoms with van der Waals surface area (Å²) in [4.78, 5) is 26.8. The zero-order valence-corrected chi connectivity index (χ0v) is 15.0. The number of carbonyl (C=O) groups excluding carboxylic acids is 2. The highest BCUT2D eigenvalue weighted by molar-refractivity contribution is 6.01. The Bertz CT molecular complexity index is 869. The zero-order chi connectivity index (χ0) is 20.3. The molecular formula is C20H20F3N3O2. The van der Waals surface area contributed by atoms with Gasteiger partial charge in [-0.25, -0.2) is 0 Å². The predicted molar refractivity (Wildman–Crippen MR) is 98.5 cm³/mol. The van der Waals surface area contributed by atoms with Crippen LogP contribution in [0.3, 0.4) is 0 Å². The first-order chi connectivity index (χ1) is 13.3. The van der Waals surface area contributed by atoms with Crippen LogP contribution in [0.5, 0.6) is 0 Å². The first-order valence-corrected chi connectivity index (χ1v) is 8.87. The molecule has 0 bridgehead atoms. The summed E-state index contributed by atoms with van der Waals surface area (Å²) < 4.78 is 39.2. The van der Waals surface area contributed by atoms with Gasteiger partial charge in [0.05, 0.1) is 5.56 Å². The number of alkyl halides is 3. The van der Waals surface area contributed by atoms with Crippen molar-refractivity contribution in [1.82, 2.24) is 4.90 Å². The number of carbonyl (C=O) groups is 2. The summed E-state index contributed by atoms with van der Waals surface area (Å²) in [6.45, 7) is 0.331. The number of hydrogen-bond acceptors (Lipinski definition) is 3. The van der Waals surface area contributed by atoms with Gasteiger partial charge in [0.25, 0.3) is 5.91 Å².